The quantitative estimate of drug-likeness (QED) is 0.924. The molecule has 1 aliphatic carbocycles. The Kier molecular flexibility index (Phi) is 3.94. The average Bonchev–Trinajstić information content (AvgIpc) is 2.87. The van der Waals surface area contributed by atoms with E-state index in [2.05, 4.69) is 0 Å². The van der Waals surface area contributed by atoms with Crippen LogP contribution in [-0.4, -0.2) is 18.3 Å². The lowest BCUT2D eigenvalue weighted by Gasteiger charge is -2.38. The van der Waals surface area contributed by atoms with Gasteiger partial charge in [-0.25, -0.2) is 4.39 Å². The summed E-state index contributed by atoms with van der Waals surface area (Å²) in [6, 6.07) is 4.95. The maximum absolute atomic E-state index is 13.7. The van der Waals surface area contributed by atoms with E-state index in [9.17, 15) is 4.39 Å². The fourth-order valence-electron chi connectivity index (χ4n) is 3.41. The van der Waals surface area contributed by atoms with Gasteiger partial charge in [-0.3, -0.25) is 0 Å². The van der Waals surface area contributed by atoms with Crippen LogP contribution in [0.2, 0.25) is 0 Å². The van der Waals surface area contributed by atoms with E-state index in [0.717, 1.165) is 32.3 Å². The molecule has 1 unspecified atom stereocenters. The minimum atomic E-state index is -0.285. The van der Waals surface area contributed by atoms with E-state index in [4.69, 9.17) is 15.2 Å². The maximum atomic E-state index is 13.7. The maximum Gasteiger partial charge on any atom is 0.131 e. The molecule has 1 spiro atoms. The lowest BCUT2D eigenvalue weighted by molar-refractivity contribution is -0.108. The molecule has 2 fully saturated rings. The van der Waals surface area contributed by atoms with Crippen LogP contribution < -0.4 is 10.5 Å². The molecule has 1 atom stereocenters. The molecule has 1 saturated heterocycles. The second kappa shape index (κ2) is 5.70. The third kappa shape index (κ3) is 2.81. The van der Waals surface area contributed by atoms with Gasteiger partial charge in [-0.2, -0.15) is 0 Å². The van der Waals surface area contributed by atoms with Crippen LogP contribution in [0.25, 0.3) is 0 Å². The van der Waals surface area contributed by atoms with Gasteiger partial charge in [0.1, 0.15) is 17.7 Å². The molecular weight excluding hydrogens is 257 g/mol. The van der Waals surface area contributed by atoms with E-state index in [-0.39, 0.29) is 24.1 Å². The minimum Gasteiger partial charge on any atom is -0.490 e. The Balaban J connectivity index is 1.66. The molecule has 1 aromatic rings. The first-order valence-corrected chi connectivity index (χ1v) is 7.50. The summed E-state index contributed by atoms with van der Waals surface area (Å²) >= 11 is 0. The smallest absolute Gasteiger partial charge is 0.131 e. The molecule has 20 heavy (non-hydrogen) atoms. The summed E-state index contributed by atoms with van der Waals surface area (Å²) in [5.74, 6) is 0.312. The monoisotopic (exact) mass is 279 g/mol. The van der Waals surface area contributed by atoms with Crippen LogP contribution in [0.15, 0.2) is 18.2 Å². The second-order valence-electron chi connectivity index (χ2n) is 5.93. The lowest BCUT2D eigenvalue weighted by atomic mass is 9.90. The Morgan fingerprint density at radius 2 is 2.15 bits per heavy atom. The van der Waals surface area contributed by atoms with Crippen LogP contribution >= 0.6 is 0 Å². The summed E-state index contributed by atoms with van der Waals surface area (Å²) < 4.78 is 25.7. The first-order valence-electron chi connectivity index (χ1n) is 7.50. The summed E-state index contributed by atoms with van der Waals surface area (Å²) in [6.07, 6.45) is 6.68. The van der Waals surface area contributed by atoms with Crippen molar-refractivity contribution < 1.29 is 13.9 Å². The number of benzene rings is 1. The number of halogens is 1. The summed E-state index contributed by atoms with van der Waals surface area (Å²) in [6.45, 7) is 0.959. The molecule has 1 heterocycles. The van der Waals surface area contributed by atoms with E-state index in [0.29, 0.717) is 11.3 Å². The van der Waals surface area contributed by atoms with Crippen molar-refractivity contribution in [1.82, 2.24) is 0 Å². The fraction of sp³-hybridized carbons (Fsp3) is 0.625. The van der Waals surface area contributed by atoms with Gasteiger partial charge in [0.2, 0.25) is 0 Å². The molecule has 0 amide bonds. The zero-order valence-electron chi connectivity index (χ0n) is 11.7. The standard InChI is InChI=1S/C16H22FNO2/c17-15-9-13(4-3-12(15)11-18)20-14-5-8-19-16(10-14)6-1-2-7-16/h3-4,9,14H,1-2,5-8,10-11,18H2. The molecular formula is C16H22FNO2. The van der Waals surface area contributed by atoms with Gasteiger partial charge in [-0.1, -0.05) is 18.9 Å². The first-order chi connectivity index (χ1) is 9.71. The van der Waals surface area contributed by atoms with Gasteiger partial charge in [0.05, 0.1) is 12.2 Å². The summed E-state index contributed by atoms with van der Waals surface area (Å²) in [7, 11) is 0. The number of ether oxygens (including phenoxy) is 2. The van der Waals surface area contributed by atoms with Crippen molar-refractivity contribution in [3.8, 4) is 5.75 Å². The highest BCUT2D eigenvalue weighted by atomic mass is 19.1. The topological polar surface area (TPSA) is 44.5 Å². The third-order valence-electron chi connectivity index (χ3n) is 4.51. The Morgan fingerprint density at radius 3 is 2.85 bits per heavy atom. The molecule has 2 aliphatic rings. The van der Waals surface area contributed by atoms with Crippen LogP contribution in [0.3, 0.4) is 0 Å². The molecule has 1 saturated carbocycles. The molecule has 3 rings (SSSR count). The van der Waals surface area contributed by atoms with Crippen molar-refractivity contribution in [2.75, 3.05) is 6.61 Å². The predicted octanol–water partition coefficient (Wildman–Crippen LogP) is 3.16. The highest BCUT2D eigenvalue weighted by Gasteiger charge is 2.40. The van der Waals surface area contributed by atoms with E-state index in [1.807, 2.05) is 6.07 Å². The Labute approximate surface area is 119 Å². The van der Waals surface area contributed by atoms with Crippen molar-refractivity contribution in [3.63, 3.8) is 0 Å². The largest absolute Gasteiger partial charge is 0.490 e. The molecule has 2 N–H and O–H groups in total. The molecule has 0 bridgehead atoms. The molecule has 3 nitrogen and oxygen atoms in total. The van der Waals surface area contributed by atoms with Crippen molar-refractivity contribution in [2.45, 2.75) is 56.8 Å². The van der Waals surface area contributed by atoms with Crippen molar-refractivity contribution >= 4 is 0 Å². The summed E-state index contributed by atoms with van der Waals surface area (Å²) in [5.41, 5.74) is 6.02. The molecule has 1 aliphatic heterocycles. The van der Waals surface area contributed by atoms with Crippen molar-refractivity contribution in [3.05, 3.63) is 29.6 Å². The van der Waals surface area contributed by atoms with Gasteiger partial charge >= 0.3 is 0 Å². The molecule has 4 heteroatoms. The van der Waals surface area contributed by atoms with Crippen molar-refractivity contribution in [2.24, 2.45) is 5.73 Å². The van der Waals surface area contributed by atoms with Gasteiger partial charge in [0.15, 0.2) is 0 Å². The minimum absolute atomic E-state index is 0.0264. The number of hydrogen-bond acceptors (Lipinski definition) is 3. The van der Waals surface area contributed by atoms with Gasteiger partial charge in [-0.15, -0.1) is 0 Å². The SMILES string of the molecule is NCc1ccc(OC2CCOC3(CCCC3)C2)cc1F. The zero-order valence-corrected chi connectivity index (χ0v) is 11.7. The van der Waals surface area contributed by atoms with E-state index >= 15 is 0 Å². The van der Waals surface area contributed by atoms with Crippen molar-refractivity contribution in [1.29, 1.82) is 0 Å². The second-order valence-corrected chi connectivity index (χ2v) is 5.93. The van der Waals surface area contributed by atoms with Crippen LogP contribution in [0.5, 0.6) is 5.75 Å². The average molecular weight is 279 g/mol. The first kappa shape index (κ1) is 13.8. The molecule has 0 aromatic heterocycles. The number of hydrogen-bond donors (Lipinski definition) is 1. The fourth-order valence-corrected chi connectivity index (χ4v) is 3.41. The number of nitrogens with two attached hydrogens (primary N) is 1. The van der Waals surface area contributed by atoms with Crippen LogP contribution in [-0.2, 0) is 11.3 Å². The molecule has 110 valence electrons. The zero-order chi connectivity index (χ0) is 14.0. The third-order valence-corrected chi connectivity index (χ3v) is 4.51. The van der Waals surface area contributed by atoms with Gasteiger partial charge in [-0.05, 0) is 18.9 Å². The summed E-state index contributed by atoms with van der Waals surface area (Å²) in [4.78, 5) is 0. The Hall–Kier alpha value is -1.13. The Morgan fingerprint density at radius 1 is 1.35 bits per heavy atom. The van der Waals surface area contributed by atoms with Gasteiger partial charge in [0.25, 0.3) is 0 Å². The van der Waals surface area contributed by atoms with Crippen LogP contribution in [0, 0.1) is 5.82 Å². The highest BCUT2D eigenvalue weighted by molar-refractivity contribution is 5.29. The number of rotatable bonds is 3. The normalized spacial score (nSPS) is 25.0. The highest BCUT2D eigenvalue weighted by Crippen LogP contribution is 2.40. The molecule has 1 aromatic carbocycles. The van der Waals surface area contributed by atoms with E-state index in [1.54, 1.807) is 6.07 Å². The molecule has 0 radical (unpaired) electrons. The van der Waals surface area contributed by atoms with Gasteiger partial charge in [0, 0.05) is 31.0 Å². The van der Waals surface area contributed by atoms with Crippen LogP contribution in [0.4, 0.5) is 4.39 Å². The van der Waals surface area contributed by atoms with E-state index < -0.39 is 0 Å². The summed E-state index contributed by atoms with van der Waals surface area (Å²) in [5, 5.41) is 0. The van der Waals surface area contributed by atoms with E-state index in [1.165, 1.54) is 18.9 Å². The van der Waals surface area contributed by atoms with Gasteiger partial charge < -0.3 is 15.2 Å². The predicted molar refractivity (Wildman–Crippen MR) is 75.1 cm³/mol. The van der Waals surface area contributed by atoms with Crippen LogP contribution in [0.1, 0.15) is 44.1 Å². The Bertz CT molecular complexity index is 472. The lowest BCUT2D eigenvalue weighted by Crippen LogP contribution is -2.41.